The van der Waals surface area contributed by atoms with Crippen LogP contribution in [0.1, 0.15) is 59.8 Å². The zero-order valence-electron chi connectivity index (χ0n) is 9.93. The van der Waals surface area contributed by atoms with Crippen LogP contribution in [0.5, 0.6) is 0 Å². The van der Waals surface area contributed by atoms with E-state index in [2.05, 4.69) is 27.7 Å². The predicted octanol–water partition coefficient (Wildman–Crippen LogP) is 4.33. The molecule has 0 rings (SSSR count). The fourth-order valence-electron chi connectivity index (χ4n) is 2.33. The Hall–Kier alpha value is 0.0600. The molecular formula is C11H24O2P+. The zero-order chi connectivity index (χ0) is 11.0. The van der Waals surface area contributed by atoms with E-state index in [4.69, 9.17) is 4.52 Å². The van der Waals surface area contributed by atoms with Gasteiger partial charge < -0.3 is 0 Å². The van der Waals surface area contributed by atoms with Gasteiger partial charge in [0.1, 0.15) is 5.60 Å². The predicted molar refractivity (Wildman–Crippen MR) is 62.1 cm³/mol. The largest absolute Gasteiger partial charge is 0.494 e. The Morgan fingerprint density at radius 1 is 1.21 bits per heavy atom. The van der Waals surface area contributed by atoms with Crippen LogP contribution >= 0.6 is 8.69 Å². The first kappa shape index (κ1) is 14.1. The fourth-order valence-corrected chi connectivity index (χ4v) is 2.95. The van der Waals surface area contributed by atoms with Crippen LogP contribution in [0.2, 0.25) is 0 Å². The summed E-state index contributed by atoms with van der Waals surface area (Å²) in [4.78, 5) is 0. The van der Waals surface area contributed by atoms with Gasteiger partial charge in [-0.15, -0.1) is 4.52 Å². The molecule has 0 aromatic carbocycles. The van der Waals surface area contributed by atoms with Gasteiger partial charge in [-0.25, -0.2) is 0 Å². The van der Waals surface area contributed by atoms with Gasteiger partial charge in [-0.1, -0.05) is 40.5 Å². The van der Waals surface area contributed by atoms with Gasteiger partial charge in [0.05, 0.1) is 0 Å². The maximum Gasteiger partial charge on any atom is 0.494 e. The number of hydrogen-bond donors (Lipinski definition) is 0. The summed E-state index contributed by atoms with van der Waals surface area (Å²) in [6, 6.07) is 0. The summed E-state index contributed by atoms with van der Waals surface area (Å²) in [5, 5.41) is 0. The van der Waals surface area contributed by atoms with E-state index in [1.807, 2.05) is 0 Å². The molecular weight excluding hydrogens is 195 g/mol. The Balaban J connectivity index is 4.62. The summed E-state index contributed by atoms with van der Waals surface area (Å²) < 4.78 is 16.2. The minimum absolute atomic E-state index is 0.148. The SMILES string of the molecule is CCCC(CC)C(CC)(CC)O[PH+]=O. The van der Waals surface area contributed by atoms with Crippen molar-refractivity contribution < 1.29 is 9.09 Å². The number of hydrogen-bond acceptors (Lipinski definition) is 2. The molecule has 0 saturated heterocycles. The summed E-state index contributed by atoms with van der Waals surface area (Å²) in [5.74, 6) is 0.545. The summed E-state index contributed by atoms with van der Waals surface area (Å²) in [7, 11) is -0.627. The second kappa shape index (κ2) is 7.36. The van der Waals surface area contributed by atoms with Crippen molar-refractivity contribution in [3.8, 4) is 0 Å². The highest BCUT2D eigenvalue weighted by molar-refractivity contribution is 7.17. The van der Waals surface area contributed by atoms with E-state index in [0.717, 1.165) is 19.3 Å². The lowest BCUT2D eigenvalue weighted by molar-refractivity contribution is 0.00547. The van der Waals surface area contributed by atoms with Crippen LogP contribution in [0.15, 0.2) is 0 Å². The van der Waals surface area contributed by atoms with Crippen LogP contribution in [0.4, 0.5) is 0 Å². The molecule has 84 valence electrons. The molecule has 0 amide bonds. The third kappa shape index (κ3) is 3.33. The van der Waals surface area contributed by atoms with Crippen LogP contribution in [0, 0.1) is 5.92 Å². The van der Waals surface area contributed by atoms with Crippen molar-refractivity contribution in [2.24, 2.45) is 5.92 Å². The molecule has 0 aliphatic rings. The number of rotatable bonds is 8. The van der Waals surface area contributed by atoms with Gasteiger partial charge in [-0.05, 0) is 29.7 Å². The van der Waals surface area contributed by atoms with Crippen molar-refractivity contribution in [1.29, 1.82) is 0 Å². The summed E-state index contributed by atoms with van der Waals surface area (Å²) in [6.07, 6.45) is 5.36. The molecule has 0 aromatic heterocycles. The van der Waals surface area contributed by atoms with Gasteiger partial charge in [-0.3, -0.25) is 0 Å². The molecule has 2 unspecified atom stereocenters. The molecule has 0 saturated carbocycles. The monoisotopic (exact) mass is 219 g/mol. The second-order valence-electron chi connectivity index (χ2n) is 3.85. The summed E-state index contributed by atoms with van der Waals surface area (Å²) >= 11 is 0. The fraction of sp³-hybridized carbons (Fsp3) is 1.00. The Morgan fingerprint density at radius 3 is 2.07 bits per heavy atom. The normalized spacial score (nSPS) is 14.6. The lowest BCUT2D eigenvalue weighted by atomic mass is 9.79. The average Bonchev–Trinajstić information content (AvgIpc) is 2.23. The molecule has 0 N–H and O–H groups in total. The van der Waals surface area contributed by atoms with E-state index < -0.39 is 8.69 Å². The van der Waals surface area contributed by atoms with Crippen LogP contribution < -0.4 is 0 Å². The van der Waals surface area contributed by atoms with E-state index in [9.17, 15) is 4.57 Å². The first-order valence-corrected chi connectivity index (χ1v) is 6.57. The quantitative estimate of drug-likeness (QED) is 0.568. The van der Waals surface area contributed by atoms with Crippen LogP contribution in [0.3, 0.4) is 0 Å². The summed E-state index contributed by atoms with van der Waals surface area (Å²) in [5.41, 5.74) is -0.148. The van der Waals surface area contributed by atoms with E-state index in [0.29, 0.717) is 5.92 Å². The molecule has 2 nitrogen and oxygen atoms in total. The zero-order valence-corrected chi connectivity index (χ0v) is 10.9. The van der Waals surface area contributed by atoms with Gasteiger partial charge >= 0.3 is 8.69 Å². The molecule has 2 atom stereocenters. The third-order valence-electron chi connectivity index (χ3n) is 3.32. The first-order chi connectivity index (χ1) is 6.70. The molecule has 0 aromatic rings. The van der Waals surface area contributed by atoms with E-state index in [1.54, 1.807) is 0 Å². The van der Waals surface area contributed by atoms with E-state index in [1.165, 1.54) is 12.8 Å². The van der Waals surface area contributed by atoms with Crippen LogP contribution in [-0.2, 0) is 9.09 Å². The highest BCUT2D eigenvalue weighted by Gasteiger charge is 2.38. The topological polar surface area (TPSA) is 26.3 Å². The minimum Gasteiger partial charge on any atom is -0.141 e. The van der Waals surface area contributed by atoms with Gasteiger partial charge in [-0.2, -0.15) is 0 Å². The average molecular weight is 219 g/mol. The van der Waals surface area contributed by atoms with Gasteiger partial charge in [0.25, 0.3) is 0 Å². The Bertz CT molecular complexity index is 155. The highest BCUT2D eigenvalue weighted by atomic mass is 31.1. The molecule has 0 radical (unpaired) electrons. The summed E-state index contributed by atoms with van der Waals surface area (Å²) in [6.45, 7) is 8.64. The van der Waals surface area contributed by atoms with Gasteiger partial charge in [0.2, 0.25) is 0 Å². The van der Waals surface area contributed by atoms with Crippen molar-refractivity contribution in [2.75, 3.05) is 0 Å². The molecule has 0 aliphatic carbocycles. The van der Waals surface area contributed by atoms with Crippen molar-refractivity contribution in [3.05, 3.63) is 0 Å². The Kier molecular flexibility index (Phi) is 7.40. The highest BCUT2D eigenvalue weighted by Crippen LogP contribution is 2.37. The maximum atomic E-state index is 10.7. The Morgan fingerprint density at radius 2 is 1.79 bits per heavy atom. The third-order valence-corrected chi connectivity index (χ3v) is 3.81. The lowest BCUT2D eigenvalue weighted by Gasteiger charge is -2.33. The molecule has 0 aliphatic heterocycles. The van der Waals surface area contributed by atoms with Crippen LogP contribution in [0.25, 0.3) is 0 Å². The second-order valence-corrected chi connectivity index (χ2v) is 4.22. The maximum absolute atomic E-state index is 10.7. The molecule has 0 bridgehead atoms. The lowest BCUT2D eigenvalue weighted by Crippen LogP contribution is -2.37. The molecule has 0 spiro atoms. The minimum atomic E-state index is -0.627. The van der Waals surface area contributed by atoms with Crippen molar-refractivity contribution in [2.45, 2.75) is 65.4 Å². The van der Waals surface area contributed by atoms with Crippen molar-refractivity contribution in [3.63, 3.8) is 0 Å². The smallest absolute Gasteiger partial charge is 0.141 e. The van der Waals surface area contributed by atoms with Gasteiger partial charge in [0, 0.05) is 0 Å². The molecule has 14 heavy (non-hydrogen) atoms. The van der Waals surface area contributed by atoms with Crippen LogP contribution in [-0.4, -0.2) is 5.60 Å². The molecule has 0 heterocycles. The Labute approximate surface area is 89.7 Å². The molecule has 0 fully saturated rings. The first-order valence-electron chi connectivity index (χ1n) is 5.75. The van der Waals surface area contributed by atoms with E-state index in [-0.39, 0.29) is 5.60 Å². The standard InChI is InChI=1S/C11H24O2P/c1-5-9-10(6-2)11(7-3,8-4)13-14-12/h10,14H,5-9H2,1-4H3/q+1. The molecule has 3 heteroatoms. The van der Waals surface area contributed by atoms with Crippen molar-refractivity contribution in [1.82, 2.24) is 0 Å². The van der Waals surface area contributed by atoms with Crippen molar-refractivity contribution >= 4 is 8.69 Å². The van der Waals surface area contributed by atoms with Gasteiger partial charge in [0.15, 0.2) is 0 Å². The van der Waals surface area contributed by atoms with E-state index >= 15 is 0 Å².